The minimum Gasteiger partial charge on any atom is -0.488 e. The van der Waals surface area contributed by atoms with Crippen molar-refractivity contribution in [1.82, 2.24) is 4.98 Å². The molecule has 0 amide bonds. The van der Waals surface area contributed by atoms with Gasteiger partial charge in [0.25, 0.3) is 0 Å². The highest BCUT2D eigenvalue weighted by Gasteiger charge is 2.21. The van der Waals surface area contributed by atoms with E-state index < -0.39 is 0 Å². The third-order valence-corrected chi connectivity index (χ3v) is 6.07. The van der Waals surface area contributed by atoms with E-state index in [0.29, 0.717) is 24.7 Å². The fraction of sp³-hybridized carbons (Fsp3) is 0.156. The number of hydrogen-bond acceptors (Lipinski definition) is 4. The molecule has 5 rings (SSSR count). The van der Waals surface area contributed by atoms with Gasteiger partial charge in [0.2, 0.25) is 0 Å². The molecule has 0 aliphatic rings. The summed E-state index contributed by atoms with van der Waals surface area (Å²) in [6.45, 7) is 5.25. The number of oxazole rings is 1. The Bertz CT molecular complexity index is 1390. The molecule has 0 N–H and O–H groups in total. The van der Waals surface area contributed by atoms with Gasteiger partial charge in [0.15, 0.2) is 12.2 Å². The third kappa shape index (κ3) is 5.33. The Kier molecular flexibility index (Phi) is 7.13. The fourth-order valence-electron chi connectivity index (χ4n) is 4.16. The molecule has 1 aromatic heterocycles. The molecule has 0 spiro atoms. The molecule has 5 aromatic rings. The van der Waals surface area contributed by atoms with Crippen molar-refractivity contribution in [3.05, 3.63) is 126 Å². The van der Waals surface area contributed by atoms with Gasteiger partial charge in [0.1, 0.15) is 30.4 Å². The molecule has 4 heteroatoms. The highest BCUT2D eigenvalue weighted by atomic mass is 16.5. The number of hydrogen-bond donors (Lipinski definition) is 0. The molecule has 180 valence electrons. The van der Waals surface area contributed by atoms with Crippen molar-refractivity contribution in [2.75, 3.05) is 0 Å². The SMILES string of the molecule is CC(C)c1cc(-c2ncoc2-c2ccccc2)c(OCc2ccccc2)cc1OCc1ccccc1. The van der Waals surface area contributed by atoms with Crippen molar-refractivity contribution in [3.63, 3.8) is 0 Å². The van der Waals surface area contributed by atoms with E-state index in [1.807, 2.05) is 72.8 Å². The standard InChI is InChI=1S/C32H29NO3/c1-23(2)27-18-28(31-32(36-22-33-31)26-16-10-5-11-17-26)30(35-21-25-14-8-4-9-15-25)19-29(27)34-20-24-12-6-3-7-13-24/h3-19,22-23H,20-21H2,1-2H3. The topological polar surface area (TPSA) is 44.5 Å². The lowest BCUT2D eigenvalue weighted by atomic mass is 9.96. The van der Waals surface area contributed by atoms with Crippen molar-refractivity contribution in [1.29, 1.82) is 0 Å². The van der Waals surface area contributed by atoms with Crippen LogP contribution in [0.5, 0.6) is 11.5 Å². The second kappa shape index (κ2) is 11.0. The highest BCUT2D eigenvalue weighted by molar-refractivity contribution is 5.81. The minimum absolute atomic E-state index is 0.241. The molecule has 4 nitrogen and oxygen atoms in total. The maximum Gasteiger partial charge on any atom is 0.182 e. The monoisotopic (exact) mass is 475 g/mol. The zero-order valence-corrected chi connectivity index (χ0v) is 20.6. The summed E-state index contributed by atoms with van der Waals surface area (Å²) in [6.07, 6.45) is 1.49. The Balaban J connectivity index is 1.57. The first-order valence-corrected chi connectivity index (χ1v) is 12.2. The van der Waals surface area contributed by atoms with Crippen molar-refractivity contribution in [2.45, 2.75) is 33.0 Å². The zero-order valence-electron chi connectivity index (χ0n) is 20.6. The van der Waals surface area contributed by atoms with E-state index in [9.17, 15) is 0 Å². The van der Waals surface area contributed by atoms with Crippen LogP contribution >= 0.6 is 0 Å². The van der Waals surface area contributed by atoms with Gasteiger partial charge in [-0.15, -0.1) is 0 Å². The molecule has 0 saturated heterocycles. The average molecular weight is 476 g/mol. The molecule has 4 aromatic carbocycles. The van der Waals surface area contributed by atoms with Crippen LogP contribution in [0, 0.1) is 0 Å². The van der Waals surface area contributed by atoms with Crippen LogP contribution in [0.3, 0.4) is 0 Å². The highest BCUT2D eigenvalue weighted by Crippen LogP contribution is 2.42. The minimum atomic E-state index is 0.241. The van der Waals surface area contributed by atoms with Gasteiger partial charge < -0.3 is 13.9 Å². The lowest BCUT2D eigenvalue weighted by Crippen LogP contribution is -2.04. The van der Waals surface area contributed by atoms with E-state index in [0.717, 1.165) is 39.3 Å². The molecule has 0 aliphatic heterocycles. The first-order valence-electron chi connectivity index (χ1n) is 12.2. The van der Waals surface area contributed by atoms with Crippen molar-refractivity contribution in [3.8, 4) is 34.1 Å². The van der Waals surface area contributed by atoms with Crippen LogP contribution in [-0.4, -0.2) is 4.98 Å². The van der Waals surface area contributed by atoms with Crippen LogP contribution in [0.25, 0.3) is 22.6 Å². The van der Waals surface area contributed by atoms with Gasteiger partial charge in [0, 0.05) is 17.2 Å². The number of ether oxygens (including phenoxy) is 2. The molecule has 36 heavy (non-hydrogen) atoms. The van der Waals surface area contributed by atoms with Gasteiger partial charge in [-0.25, -0.2) is 4.98 Å². The van der Waals surface area contributed by atoms with E-state index in [1.54, 1.807) is 0 Å². The lowest BCUT2D eigenvalue weighted by molar-refractivity contribution is 0.288. The van der Waals surface area contributed by atoms with Crippen molar-refractivity contribution in [2.24, 2.45) is 0 Å². The summed E-state index contributed by atoms with van der Waals surface area (Å²) in [5.74, 6) is 2.47. The average Bonchev–Trinajstić information content (AvgIpc) is 3.42. The molecular weight excluding hydrogens is 446 g/mol. The third-order valence-electron chi connectivity index (χ3n) is 6.07. The van der Waals surface area contributed by atoms with Crippen LogP contribution in [0.4, 0.5) is 0 Å². The summed E-state index contributed by atoms with van der Waals surface area (Å²) >= 11 is 0. The normalized spacial score (nSPS) is 11.0. The zero-order chi connectivity index (χ0) is 24.7. The van der Waals surface area contributed by atoms with Gasteiger partial charge in [-0.1, -0.05) is 105 Å². The van der Waals surface area contributed by atoms with E-state index in [2.05, 4.69) is 49.2 Å². The van der Waals surface area contributed by atoms with Crippen LogP contribution in [0.15, 0.2) is 114 Å². The molecular formula is C32H29NO3. The summed E-state index contributed by atoms with van der Waals surface area (Å²) in [7, 11) is 0. The summed E-state index contributed by atoms with van der Waals surface area (Å²) in [5, 5.41) is 0. The lowest BCUT2D eigenvalue weighted by Gasteiger charge is -2.19. The van der Waals surface area contributed by atoms with E-state index in [4.69, 9.17) is 13.9 Å². The van der Waals surface area contributed by atoms with Gasteiger partial charge >= 0.3 is 0 Å². The second-order valence-corrected chi connectivity index (χ2v) is 8.99. The van der Waals surface area contributed by atoms with Crippen LogP contribution < -0.4 is 9.47 Å². The second-order valence-electron chi connectivity index (χ2n) is 8.99. The molecule has 0 fully saturated rings. The van der Waals surface area contributed by atoms with Crippen LogP contribution in [-0.2, 0) is 13.2 Å². The number of nitrogens with zero attached hydrogens (tertiary/aromatic N) is 1. The molecule has 0 radical (unpaired) electrons. The number of aromatic nitrogens is 1. The van der Waals surface area contributed by atoms with Crippen LogP contribution in [0.2, 0.25) is 0 Å². The van der Waals surface area contributed by atoms with Gasteiger partial charge in [-0.05, 0) is 28.7 Å². The maximum atomic E-state index is 6.40. The van der Waals surface area contributed by atoms with E-state index >= 15 is 0 Å². The predicted molar refractivity (Wildman–Crippen MR) is 143 cm³/mol. The predicted octanol–water partition coefficient (Wildman–Crippen LogP) is 8.29. The summed E-state index contributed by atoms with van der Waals surface area (Å²) in [5.41, 5.74) is 5.90. The summed E-state index contributed by atoms with van der Waals surface area (Å²) in [4.78, 5) is 4.61. The first-order chi connectivity index (χ1) is 17.7. The molecule has 0 atom stereocenters. The summed E-state index contributed by atoms with van der Waals surface area (Å²) in [6, 6.07) is 34.5. The van der Waals surface area contributed by atoms with Crippen molar-refractivity contribution < 1.29 is 13.9 Å². The van der Waals surface area contributed by atoms with E-state index in [1.165, 1.54) is 6.39 Å². The molecule has 0 unspecified atom stereocenters. The summed E-state index contributed by atoms with van der Waals surface area (Å²) < 4.78 is 18.6. The van der Waals surface area contributed by atoms with Crippen LogP contribution in [0.1, 0.15) is 36.5 Å². The number of rotatable bonds is 9. The van der Waals surface area contributed by atoms with E-state index in [-0.39, 0.29) is 5.92 Å². The van der Waals surface area contributed by atoms with Crippen molar-refractivity contribution >= 4 is 0 Å². The molecule has 0 aliphatic carbocycles. The molecule has 1 heterocycles. The largest absolute Gasteiger partial charge is 0.488 e. The Hall–Kier alpha value is -4.31. The Morgan fingerprint density at radius 3 is 1.83 bits per heavy atom. The number of benzene rings is 4. The molecule has 0 bridgehead atoms. The fourth-order valence-corrected chi connectivity index (χ4v) is 4.16. The quantitative estimate of drug-likeness (QED) is 0.215. The maximum absolute atomic E-state index is 6.40. The van der Waals surface area contributed by atoms with Gasteiger partial charge in [-0.3, -0.25) is 0 Å². The van der Waals surface area contributed by atoms with Gasteiger partial charge in [-0.2, -0.15) is 0 Å². The van der Waals surface area contributed by atoms with Gasteiger partial charge in [0.05, 0.1) is 0 Å². The Labute approximate surface area is 212 Å². The Morgan fingerprint density at radius 1 is 0.694 bits per heavy atom. The smallest absolute Gasteiger partial charge is 0.182 e. The first kappa shape index (κ1) is 23.4. The Morgan fingerprint density at radius 2 is 1.25 bits per heavy atom. The molecule has 0 saturated carbocycles.